The van der Waals surface area contributed by atoms with Crippen LogP contribution < -0.4 is 5.32 Å². The minimum atomic E-state index is -1.21. The van der Waals surface area contributed by atoms with Crippen molar-refractivity contribution in [2.45, 2.75) is 18.4 Å². The number of carbonyl (C=O) groups excluding carboxylic acids is 2. The quantitative estimate of drug-likeness (QED) is 0.563. The normalized spacial score (nSPS) is 13.0. The molecule has 2 N–H and O–H groups in total. The Kier molecular flexibility index (Phi) is 5.80. The van der Waals surface area contributed by atoms with Gasteiger partial charge < -0.3 is 15.2 Å². The van der Waals surface area contributed by atoms with Gasteiger partial charge in [0, 0.05) is 11.5 Å². The van der Waals surface area contributed by atoms with Crippen LogP contribution in [0, 0.1) is 0 Å². The van der Waals surface area contributed by atoms with Gasteiger partial charge in [-0.25, -0.2) is 4.79 Å². The summed E-state index contributed by atoms with van der Waals surface area (Å²) < 4.78 is 5.44. The van der Waals surface area contributed by atoms with Gasteiger partial charge in [0.2, 0.25) is 0 Å². The summed E-state index contributed by atoms with van der Waals surface area (Å²) in [5.74, 6) is -1.79. The number of aliphatic carboxylic acids is 1. The highest BCUT2D eigenvalue weighted by Gasteiger charge is 2.30. The summed E-state index contributed by atoms with van der Waals surface area (Å²) in [4.78, 5) is 36.4. The molecule has 6 nitrogen and oxygen atoms in total. The summed E-state index contributed by atoms with van der Waals surface area (Å²) in [6.45, 7) is 0.0825. The molecule has 31 heavy (non-hydrogen) atoms. The molecule has 4 rings (SSSR count). The number of carboxylic acid groups (broad SMARTS) is 1. The largest absolute Gasteiger partial charge is 0.481 e. The lowest BCUT2D eigenvalue weighted by molar-refractivity contribution is -0.137. The van der Waals surface area contributed by atoms with Crippen LogP contribution in [-0.4, -0.2) is 35.6 Å². The van der Waals surface area contributed by atoms with Crippen molar-refractivity contribution >= 4 is 17.8 Å². The van der Waals surface area contributed by atoms with Gasteiger partial charge in [-0.3, -0.25) is 9.59 Å². The lowest BCUT2D eigenvalue weighted by Gasteiger charge is -2.18. The molecule has 1 aliphatic carbocycles. The average Bonchev–Trinajstić information content (AvgIpc) is 3.11. The standard InChI is InChI=1S/C25H21NO5/c27-23(28)14-22(24(29)16-8-2-1-3-9-16)26-25(30)31-15-21-19-12-6-4-10-17(19)18-11-5-7-13-20(18)21/h1-13,21-22H,14-15H2,(H,26,30)(H,27,28)/t22-/m0/s1. The number of ether oxygens (including phenoxy) is 1. The molecule has 0 saturated heterocycles. The van der Waals surface area contributed by atoms with Crippen LogP contribution in [0.3, 0.4) is 0 Å². The summed E-state index contributed by atoms with van der Waals surface area (Å²) in [5.41, 5.74) is 4.68. The van der Waals surface area contributed by atoms with Gasteiger partial charge in [-0.05, 0) is 22.3 Å². The van der Waals surface area contributed by atoms with E-state index in [4.69, 9.17) is 9.84 Å². The Morgan fingerprint density at radius 2 is 1.39 bits per heavy atom. The van der Waals surface area contributed by atoms with Crippen LogP contribution in [0.25, 0.3) is 11.1 Å². The minimum Gasteiger partial charge on any atom is -0.481 e. The van der Waals surface area contributed by atoms with Gasteiger partial charge in [-0.1, -0.05) is 78.9 Å². The Morgan fingerprint density at radius 1 is 0.839 bits per heavy atom. The number of hydrogen-bond donors (Lipinski definition) is 2. The van der Waals surface area contributed by atoms with Gasteiger partial charge in [0.25, 0.3) is 0 Å². The molecule has 1 atom stereocenters. The molecule has 3 aromatic rings. The maximum atomic E-state index is 12.7. The van der Waals surface area contributed by atoms with Crippen molar-refractivity contribution in [2.75, 3.05) is 6.61 Å². The van der Waals surface area contributed by atoms with Crippen molar-refractivity contribution in [3.63, 3.8) is 0 Å². The van der Waals surface area contributed by atoms with Gasteiger partial charge in [-0.15, -0.1) is 0 Å². The first-order chi connectivity index (χ1) is 15.0. The number of ketones is 1. The fourth-order valence-corrected chi connectivity index (χ4v) is 3.97. The number of carboxylic acids is 1. The lowest BCUT2D eigenvalue weighted by Crippen LogP contribution is -2.43. The van der Waals surface area contributed by atoms with Gasteiger partial charge in [0.1, 0.15) is 12.6 Å². The number of Topliss-reactive ketones (excluding diaryl/α,β-unsaturated/α-hetero) is 1. The predicted molar refractivity (Wildman–Crippen MR) is 115 cm³/mol. The van der Waals surface area contributed by atoms with E-state index in [9.17, 15) is 14.4 Å². The molecule has 0 unspecified atom stereocenters. The number of carbonyl (C=O) groups is 3. The van der Waals surface area contributed by atoms with E-state index in [1.54, 1.807) is 30.3 Å². The highest BCUT2D eigenvalue weighted by atomic mass is 16.5. The molecule has 0 heterocycles. The monoisotopic (exact) mass is 415 g/mol. The van der Waals surface area contributed by atoms with E-state index in [0.29, 0.717) is 5.56 Å². The summed E-state index contributed by atoms with van der Waals surface area (Å²) in [5, 5.41) is 11.6. The van der Waals surface area contributed by atoms with Crippen LogP contribution in [-0.2, 0) is 9.53 Å². The average molecular weight is 415 g/mol. The van der Waals surface area contributed by atoms with E-state index in [0.717, 1.165) is 22.3 Å². The fraction of sp³-hybridized carbons (Fsp3) is 0.160. The predicted octanol–water partition coefficient (Wildman–Crippen LogP) is 4.25. The molecule has 3 aromatic carbocycles. The maximum Gasteiger partial charge on any atom is 0.407 e. The van der Waals surface area contributed by atoms with Crippen LogP contribution in [0.2, 0.25) is 0 Å². The summed E-state index contributed by atoms with van der Waals surface area (Å²) in [7, 11) is 0. The molecule has 0 spiro atoms. The summed E-state index contributed by atoms with van der Waals surface area (Å²) in [6.07, 6.45) is -1.35. The van der Waals surface area contributed by atoms with E-state index in [2.05, 4.69) is 5.32 Å². The molecule has 1 amide bonds. The fourth-order valence-electron chi connectivity index (χ4n) is 3.97. The van der Waals surface area contributed by atoms with Gasteiger partial charge in [0.15, 0.2) is 5.78 Å². The van der Waals surface area contributed by atoms with E-state index in [-0.39, 0.29) is 12.5 Å². The van der Waals surface area contributed by atoms with Crippen LogP contribution in [0.1, 0.15) is 33.8 Å². The second-order valence-corrected chi connectivity index (χ2v) is 7.35. The highest BCUT2D eigenvalue weighted by molar-refractivity contribution is 6.03. The van der Waals surface area contributed by atoms with Gasteiger partial charge in [-0.2, -0.15) is 0 Å². The van der Waals surface area contributed by atoms with E-state index in [1.807, 2.05) is 48.5 Å². The Hall–Kier alpha value is -3.93. The van der Waals surface area contributed by atoms with Gasteiger partial charge in [0.05, 0.1) is 6.42 Å². The number of rotatable bonds is 7. The number of alkyl carbamates (subject to hydrolysis) is 1. The Balaban J connectivity index is 1.47. The zero-order chi connectivity index (χ0) is 21.8. The highest BCUT2D eigenvalue weighted by Crippen LogP contribution is 2.44. The first kappa shape index (κ1) is 20.3. The van der Waals surface area contributed by atoms with Crippen molar-refractivity contribution in [3.05, 3.63) is 95.6 Å². The molecular formula is C25H21NO5. The first-order valence-corrected chi connectivity index (χ1v) is 9.97. The van der Waals surface area contributed by atoms with Crippen molar-refractivity contribution < 1.29 is 24.2 Å². The van der Waals surface area contributed by atoms with Crippen LogP contribution in [0.4, 0.5) is 4.79 Å². The Labute approximate surface area is 179 Å². The molecule has 0 bridgehead atoms. The maximum absolute atomic E-state index is 12.7. The number of amides is 1. The number of fused-ring (bicyclic) bond motifs is 3. The third-order valence-electron chi connectivity index (χ3n) is 5.39. The second-order valence-electron chi connectivity index (χ2n) is 7.35. The molecular weight excluding hydrogens is 394 g/mol. The zero-order valence-electron chi connectivity index (χ0n) is 16.7. The van der Waals surface area contributed by atoms with Crippen LogP contribution >= 0.6 is 0 Å². The van der Waals surface area contributed by atoms with Crippen molar-refractivity contribution in [3.8, 4) is 11.1 Å². The van der Waals surface area contributed by atoms with Crippen LogP contribution in [0.5, 0.6) is 0 Å². The lowest BCUT2D eigenvalue weighted by atomic mass is 9.98. The molecule has 0 fully saturated rings. The third-order valence-corrected chi connectivity index (χ3v) is 5.39. The Bertz CT molecular complexity index is 1080. The first-order valence-electron chi connectivity index (χ1n) is 9.97. The SMILES string of the molecule is O=C(O)C[C@H](NC(=O)OCC1c2ccccc2-c2ccccc21)C(=O)c1ccccc1. The van der Waals surface area contributed by atoms with Crippen molar-refractivity contribution in [1.29, 1.82) is 0 Å². The molecule has 0 aliphatic heterocycles. The molecule has 156 valence electrons. The number of benzene rings is 3. The zero-order valence-corrected chi connectivity index (χ0v) is 16.7. The van der Waals surface area contributed by atoms with Gasteiger partial charge >= 0.3 is 12.1 Å². The van der Waals surface area contributed by atoms with E-state index < -0.39 is 30.3 Å². The second kappa shape index (κ2) is 8.83. The number of hydrogen-bond acceptors (Lipinski definition) is 4. The molecule has 1 aliphatic rings. The number of nitrogens with one attached hydrogen (secondary N) is 1. The van der Waals surface area contributed by atoms with Crippen molar-refractivity contribution in [1.82, 2.24) is 5.32 Å². The smallest absolute Gasteiger partial charge is 0.407 e. The van der Waals surface area contributed by atoms with E-state index >= 15 is 0 Å². The Morgan fingerprint density at radius 3 is 1.97 bits per heavy atom. The topological polar surface area (TPSA) is 92.7 Å². The van der Waals surface area contributed by atoms with Crippen molar-refractivity contribution in [2.24, 2.45) is 0 Å². The summed E-state index contributed by atoms with van der Waals surface area (Å²) in [6, 6.07) is 23.0. The molecule has 6 heteroatoms. The third kappa shape index (κ3) is 4.33. The molecule has 0 aromatic heterocycles. The van der Waals surface area contributed by atoms with E-state index in [1.165, 1.54) is 0 Å². The molecule has 0 radical (unpaired) electrons. The minimum absolute atomic E-state index is 0.0825. The molecule has 0 saturated carbocycles. The van der Waals surface area contributed by atoms with Crippen LogP contribution in [0.15, 0.2) is 78.9 Å². The summed E-state index contributed by atoms with van der Waals surface area (Å²) >= 11 is 0.